The molecule has 0 aliphatic rings. The first-order chi connectivity index (χ1) is 10.8. The summed E-state index contributed by atoms with van der Waals surface area (Å²) in [4.78, 5) is 11.8. The van der Waals surface area contributed by atoms with Gasteiger partial charge in [0.05, 0.1) is 18.7 Å². The highest BCUT2D eigenvalue weighted by Crippen LogP contribution is 2.27. The third kappa shape index (κ3) is 4.87. The Morgan fingerprint density at radius 3 is 2.21 bits per heavy atom. The molecule has 0 aliphatic heterocycles. The molecule has 0 spiro atoms. The largest absolute Gasteiger partial charge is 0.573 e. The van der Waals surface area contributed by atoms with Crippen molar-refractivity contribution in [2.45, 2.75) is 12.4 Å². The highest BCUT2D eigenvalue weighted by molar-refractivity contribution is 5.91. The number of rotatable bonds is 4. The molecule has 130 valence electrons. The SMILES string of the molecule is COC(=O)c1ccccc1[C@@H](N)c1ccc(OC(F)(F)F)cc1.Cl. The molecule has 0 fully saturated rings. The lowest BCUT2D eigenvalue weighted by Crippen LogP contribution is -2.18. The van der Waals surface area contributed by atoms with Crippen LogP contribution in [0.1, 0.15) is 27.5 Å². The maximum Gasteiger partial charge on any atom is 0.573 e. The monoisotopic (exact) mass is 361 g/mol. The van der Waals surface area contributed by atoms with Gasteiger partial charge in [0.2, 0.25) is 0 Å². The molecule has 0 aromatic heterocycles. The fourth-order valence-corrected chi connectivity index (χ4v) is 2.12. The second-order valence-corrected chi connectivity index (χ2v) is 4.67. The van der Waals surface area contributed by atoms with Crippen LogP contribution in [-0.2, 0) is 4.74 Å². The van der Waals surface area contributed by atoms with Crippen LogP contribution in [0.15, 0.2) is 48.5 Å². The number of nitrogens with two attached hydrogens (primary N) is 1. The number of hydrogen-bond acceptors (Lipinski definition) is 4. The fourth-order valence-electron chi connectivity index (χ4n) is 2.12. The molecule has 0 saturated carbocycles. The van der Waals surface area contributed by atoms with E-state index in [0.29, 0.717) is 16.7 Å². The van der Waals surface area contributed by atoms with E-state index in [1.54, 1.807) is 24.3 Å². The van der Waals surface area contributed by atoms with Crippen LogP contribution in [0.5, 0.6) is 5.75 Å². The van der Waals surface area contributed by atoms with E-state index in [1.165, 1.54) is 31.4 Å². The number of carbonyl (C=O) groups excluding carboxylic acids is 1. The van der Waals surface area contributed by atoms with Gasteiger partial charge in [0.1, 0.15) is 5.75 Å². The van der Waals surface area contributed by atoms with Crippen LogP contribution in [0.4, 0.5) is 13.2 Å². The van der Waals surface area contributed by atoms with E-state index in [4.69, 9.17) is 10.5 Å². The lowest BCUT2D eigenvalue weighted by Gasteiger charge is -2.16. The summed E-state index contributed by atoms with van der Waals surface area (Å²) in [6.45, 7) is 0. The van der Waals surface area contributed by atoms with Gasteiger partial charge in [-0.15, -0.1) is 25.6 Å². The second-order valence-electron chi connectivity index (χ2n) is 4.67. The Morgan fingerprint density at radius 2 is 1.67 bits per heavy atom. The molecule has 1 atom stereocenters. The Balaban J connectivity index is 0.00000288. The maximum atomic E-state index is 12.1. The number of alkyl halides is 3. The number of hydrogen-bond donors (Lipinski definition) is 1. The van der Waals surface area contributed by atoms with Crippen molar-refractivity contribution in [2.24, 2.45) is 5.73 Å². The Morgan fingerprint density at radius 1 is 1.08 bits per heavy atom. The molecule has 2 aromatic rings. The molecule has 2 aromatic carbocycles. The number of carbonyl (C=O) groups is 1. The van der Waals surface area contributed by atoms with Gasteiger partial charge in [-0.1, -0.05) is 30.3 Å². The minimum Gasteiger partial charge on any atom is -0.465 e. The van der Waals surface area contributed by atoms with Crippen LogP contribution in [0, 0.1) is 0 Å². The second kappa shape index (κ2) is 8.03. The molecule has 0 unspecified atom stereocenters. The van der Waals surface area contributed by atoms with Crippen LogP contribution in [0.3, 0.4) is 0 Å². The van der Waals surface area contributed by atoms with Gasteiger partial charge in [-0.3, -0.25) is 0 Å². The quantitative estimate of drug-likeness (QED) is 0.840. The van der Waals surface area contributed by atoms with Crippen molar-refractivity contribution in [3.63, 3.8) is 0 Å². The van der Waals surface area contributed by atoms with E-state index >= 15 is 0 Å². The van der Waals surface area contributed by atoms with Crippen molar-refractivity contribution in [1.82, 2.24) is 0 Å². The van der Waals surface area contributed by atoms with Gasteiger partial charge >= 0.3 is 12.3 Å². The van der Waals surface area contributed by atoms with Crippen LogP contribution in [-0.4, -0.2) is 19.4 Å². The average molecular weight is 362 g/mol. The minimum absolute atomic E-state index is 0. The van der Waals surface area contributed by atoms with Crippen molar-refractivity contribution in [3.8, 4) is 5.75 Å². The number of ether oxygens (including phenoxy) is 2. The lowest BCUT2D eigenvalue weighted by molar-refractivity contribution is -0.274. The van der Waals surface area contributed by atoms with Crippen LogP contribution < -0.4 is 10.5 Å². The van der Waals surface area contributed by atoms with Gasteiger partial charge in [-0.2, -0.15) is 0 Å². The van der Waals surface area contributed by atoms with Crippen LogP contribution in [0.25, 0.3) is 0 Å². The molecule has 0 radical (unpaired) electrons. The van der Waals surface area contributed by atoms with Crippen molar-refractivity contribution >= 4 is 18.4 Å². The van der Waals surface area contributed by atoms with E-state index in [9.17, 15) is 18.0 Å². The summed E-state index contributed by atoms with van der Waals surface area (Å²) in [5.74, 6) is -0.872. The molecular weight excluding hydrogens is 347 g/mol. The summed E-state index contributed by atoms with van der Waals surface area (Å²) >= 11 is 0. The van der Waals surface area contributed by atoms with Crippen molar-refractivity contribution in [1.29, 1.82) is 0 Å². The molecule has 0 saturated heterocycles. The Hall–Kier alpha value is -2.25. The first-order valence-electron chi connectivity index (χ1n) is 6.60. The summed E-state index contributed by atoms with van der Waals surface area (Å²) in [5.41, 5.74) is 7.48. The van der Waals surface area contributed by atoms with E-state index in [2.05, 4.69) is 4.74 Å². The molecule has 0 amide bonds. The number of benzene rings is 2. The highest BCUT2D eigenvalue weighted by Gasteiger charge is 2.31. The molecule has 24 heavy (non-hydrogen) atoms. The third-order valence-corrected chi connectivity index (χ3v) is 3.17. The summed E-state index contributed by atoms with van der Waals surface area (Å²) < 4.78 is 44.9. The normalized spacial score (nSPS) is 12.0. The summed E-state index contributed by atoms with van der Waals surface area (Å²) in [6.07, 6.45) is -4.75. The number of esters is 1. The summed E-state index contributed by atoms with van der Waals surface area (Å²) in [6, 6.07) is 11.1. The number of halogens is 4. The first kappa shape index (κ1) is 19.8. The summed E-state index contributed by atoms with van der Waals surface area (Å²) in [5, 5.41) is 0. The van der Waals surface area contributed by atoms with Gasteiger partial charge in [-0.05, 0) is 29.3 Å². The standard InChI is InChI=1S/C16H14F3NO3.ClH/c1-22-15(21)13-5-3-2-4-12(13)14(20)10-6-8-11(9-7-10)23-16(17,18)19;/h2-9,14H,20H2,1H3;1H/t14-;/m0./s1. The van der Waals surface area contributed by atoms with Gasteiger partial charge in [0, 0.05) is 0 Å². The topological polar surface area (TPSA) is 61.5 Å². The first-order valence-corrected chi connectivity index (χ1v) is 6.60. The van der Waals surface area contributed by atoms with E-state index < -0.39 is 18.4 Å². The Kier molecular flexibility index (Phi) is 6.62. The predicted octanol–water partition coefficient (Wildman–Crippen LogP) is 3.84. The van der Waals surface area contributed by atoms with Crippen molar-refractivity contribution < 1.29 is 27.4 Å². The fraction of sp³-hybridized carbons (Fsp3) is 0.188. The highest BCUT2D eigenvalue weighted by atomic mass is 35.5. The van der Waals surface area contributed by atoms with Gasteiger partial charge in [0.15, 0.2) is 0 Å². The molecule has 2 N–H and O–H groups in total. The van der Waals surface area contributed by atoms with E-state index in [-0.39, 0.29) is 18.2 Å². The molecule has 4 nitrogen and oxygen atoms in total. The average Bonchev–Trinajstić information content (AvgIpc) is 2.52. The molecular formula is C16H15ClF3NO3. The van der Waals surface area contributed by atoms with E-state index in [1.807, 2.05) is 0 Å². The van der Waals surface area contributed by atoms with E-state index in [0.717, 1.165) is 0 Å². The lowest BCUT2D eigenvalue weighted by atomic mass is 9.95. The zero-order valence-electron chi connectivity index (χ0n) is 12.5. The zero-order chi connectivity index (χ0) is 17.0. The predicted molar refractivity (Wildman–Crippen MR) is 84.2 cm³/mol. The molecule has 0 heterocycles. The van der Waals surface area contributed by atoms with Crippen molar-refractivity contribution in [2.75, 3.05) is 7.11 Å². The zero-order valence-corrected chi connectivity index (χ0v) is 13.4. The molecule has 8 heteroatoms. The Labute approximate surface area is 142 Å². The van der Waals surface area contributed by atoms with Gasteiger partial charge in [-0.25, -0.2) is 4.79 Å². The molecule has 0 aliphatic carbocycles. The minimum atomic E-state index is -4.75. The van der Waals surface area contributed by atoms with Crippen molar-refractivity contribution in [3.05, 3.63) is 65.2 Å². The Bertz CT molecular complexity index is 690. The summed E-state index contributed by atoms with van der Waals surface area (Å²) in [7, 11) is 1.26. The molecule has 2 rings (SSSR count). The maximum absolute atomic E-state index is 12.1. The van der Waals surface area contributed by atoms with Gasteiger partial charge in [0.25, 0.3) is 0 Å². The third-order valence-electron chi connectivity index (χ3n) is 3.17. The molecule has 0 bridgehead atoms. The number of methoxy groups -OCH3 is 1. The van der Waals surface area contributed by atoms with Gasteiger partial charge < -0.3 is 15.2 Å². The van der Waals surface area contributed by atoms with Crippen LogP contribution >= 0.6 is 12.4 Å². The van der Waals surface area contributed by atoms with Crippen LogP contribution in [0.2, 0.25) is 0 Å². The smallest absolute Gasteiger partial charge is 0.465 e.